The Bertz CT molecular complexity index is 231. The van der Waals surface area contributed by atoms with Crippen molar-refractivity contribution in [2.45, 2.75) is 6.92 Å². The number of hydrogen-bond donors (Lipinski definition) is 0. The van der Waals surface area contributed by atoms with Crippen molar-refractivity contribution in [1.82, 2.24) is 0 Å². The summed E-state index contributed by atoms with van der Waals surface area (Å²) in [6.45, 7) is 1.73. The van der Waals surface area contributed by atoms with Crippen molar-refractivity contribution in [2.75, 3.05) is 0 Å². The molecular formula is C5H5NO2S. The van der Waals surface area contributed by atoms with Crippen LogP contribution in [-0.4, -0.2) is 4.92 Å². The van der Waals surface area contributed by atoms with Gasteiger partial charge in [0.15, 0.2) is 0 Å². The van der Waals surface area contributed by atoms with E-state index in [1.165, 1.54) is 16.7 Å². The van der Waals surface area contributed by atoms with Gasteiger partial charge in [-0.2, -0.15) is 0 Å². The van der Waals surface area contributed by atoms with Crippen molar-refractivity contribution < 1.29 is 4.92 Å². The molecule has 0 aliphatic heterocycles. The average Bonchev–Trinajstić information content (AvgIpc) is 2.13. The first-order chi connectivity index (χ1) is 4.22. The fraction of sp³-hybridized carbons (Fsp3) is 0.200. The first-order valence-electron chi connectivity index (χ1n) is 2.39. The first-order valence-corrected chi connectivity index (χ1v) is 3.33. The van der Waals surface area contributed by atoms with Gasteiger partial charge in [-0.15, -0.1) is 11.3 Å². The lowest BCUT2D eigenvalue weighted by Gasteiger charge is -1.83. The van der Waals surface area contributed by atoms with Crippen LogP contribution in [0.5, 0.6) is 0 Å². The molecule has 0 saturated heterocycles. The van der Waals surface area contributed by atoms with E-state index in [1.807, 2.05) is 0 Å². The summed E-state index contributed by atoms with van der Waals surface area (Å²) in [5, 5.41) is 13.4. The monoisotopic (exact) mass is 143 g/mol. The number of hydrogen-bond acceptors (Lipinski definition) is 3. The lowest BCUT2D eigenvalue weighted by atomic mass is 10.3. The second-order valence-electron chi connectivity index (χ2n) is 1.70. The van der Waals surface area contributed by atoms with Crippen molar-refractivity contribution in [3.05, 3.63) is 26.4 Å². The van der Waals surface area contributed by atoms with Gasteiger partial charge in [0.1, 0.15) is 0 Å². The summed E-state index contributed by atoms with van der Waals surface area (Å²) in [5.74, 6) is 0. The number of thiophene rings is 1. The number of rotatable bonds is 1. The Balaban J connectivity index is 3.08. The van der Waals surface area contributed by atoms with Gasteiger partial charge in [-0.25, -0.2) is 0 Å². The summed E-state index contributed by atoms with van der Waals surface area (Å²) in [4.78, 5) is 9.73. The molecule has 0 aliphatic rings. The molecule has 3 nitrogen and oxygen atoms in total. The zero-order valence-electron chi connectivity index (χ0n) is 4.83. The molecular weight excluding hydrogens is 138 g/mol. The normalized spacial score (nSPS) is 9.44. The third-order valence-electron chi connectivity index (χ3n) is 1.03. The Kier molecular flexibility index (Phi) is 1.48. The van der Waals surface area contributed by atoms with Gasteiger partial charge < -0.3 is 0 Å². The highest BCUT2D eigenvalue weighted by atomic mass is 32.1. The Morgan fingerprint density at radius 1 is 1.67 bits per heavy atom. The second-order valence-corrected chi connectivity index (χ2v) is 2.44. The van der Waals surface area contributed by atoms with Crippen LogP contribution in [-0.2, 0) is 0 Å². The fourth-order valence-corrected chi connectivity index (χ4v) is 1.33. The maximum atomic E-state index is 10.1. The molecule has 0 fully saturated rings. The predicted molar refractivity (Wildman–Crippen MR) is 35.7 cm³/mol. The largest absolute Gasteiger partial charge is 0.282 e. The van der Waals surface area contributed by atoms with Crippen molar-refractivity contribution >= 4 is 17.0 Å². The lowest BCUT2D eigenvalue weighted by molar-refractivity contribution is -0.385. The maximum Gasteiger partial charge on any atom is 0.282 e. The van der Waals surface area contributed by atoms with Crippen LogP contribution in [0.3, 0.4) is 0 Å². The van der Waals surface area contributed by atoms with E-state index in [9.17, 15) is 10.1 Å². The summed E-state index contributed by atoms with van der Waals surface area (Å²) >= 11 is 1.35. The smallest absolute Gasteiger partial charge is 0.258 e. The van der Waals surface area contributed by atoms with Crippen molar-refractivity contribution in [3.8, 4) is 0 Å². The van der Waals surface area contributed by atoms with E-state index in [0.717, 1.165) is 5.56 Å². The van der Waals surface area contributed by atoms with E-state index in [1.54, 1.807) is 12.3 Å². The van der Waals surface area contributed by atoms with E-state index in [4.69, 9.17) is 0 Å². The third kappa shape index (κ3) is 1.08. The van der Waals surface area contributed by atoms with Gasteiger partial charge in [-0.1, -0.05) is 0 Å². The number of nitro groups is 1. The van der Waals surface area contributed by atoms with Crippen LogP contribution in [0.15, 0.2) is 10.8 Å². The van der Waals surface area contributed by atoms with Crippen LogP contribution < -0.4 is 0 Å². The molecule has 0 unspecified atom stereocenters. The Morgan fingerprint density at radius 2 is 2.33 bits per heavy atom. The van der Waals surface area contributed by atoms with Crippen molar-refractivity contribution in [3.63, 3.8) is 0 Å². The van der Waals surface area contributed by atoms with Gasteiger partial charge in [0, 0.05) is 10.9 Å². The number of aryl methyl sites for hydroxylation is 1. The highest BCUT2D eigenvalue weighted by Crippen LogP contribution is 2.20. The van der Waals surface area contributed by atoms with E-state index < -0.39 is 0 Å². The van der Waals surface area contributed by atoms with Crippen LogP contribution in [0.25, 0.3) is 0 Å². The molecule has 1 heterocycles. The summed E-state index contributed by atoms with van der Waals surface area (Å²) < 4.78 is 0. The van der Waals surface area contributed by atoms with Crippen molar-refractivity contribution in [2.24, 2.45) is 0 Å². The summed E-state index contributed by atoms with van der Waals surface area (Å²) in [6, 6.07) is 0. The molecule has 1 aromatic heterocycles. The highest BCUT2D eigenvalue weighted by molar-refractivity contribution is 7.08. The van der Waals surface area contributed by atoms with Gasteiger partial charge in [-0.05, 0) is 6.92 Å². The molecule has 0 atom stereocenters. The molecule has 0 amide bonds. The lowest BCUT2D eigenvalue weighted by Crippen LogP contribution is -1.85. The van der Waals surface area contributed by atoms with Gasteiger partial charge in [0.05, 0.1) is 10.3 Å². The zero-order valence-corrected chi connectivity index (χ0v) is 5.64. The predicted octanol–water partition coefficient (Wildman–Crippen LogP) is 1.96. The van der Waals surface area contributed by atoms with Gasteiger partial charge in [-0.3, -0.25) is 10.1 Å². The molecule has 0 saturated carbocycles. The minimum absolute atomic E-state index is 0.222. The summed E-state index contributed by atoms with van der Waals surface area (Å²) in [6.07, 6.45) is 0. The van der Waals surface area contributed by atoms with Crippen LogP contribution >= 0.6 is 11.3 Å². The van der Waals surface area contributed by atoms with Gasteiger partial charge in [0.2, 0.25) is 0 Å². The number of nitrogens with zero attached hydrogens (tertiary/aromatic N) is 1. The maximum absolute atomic E-state index is 10.1. The molecule has 0 spiro atoms. The summed E-state index contributed by atoms with van der Waals surface area (Å²) in [7, 11) is 0. The highest BCUT2D eigenvalue weighted by Gasteiger charge is 2.08. The van der Waals surface area contributed by atoms with E-state index >= 15 is 0 Å². The molecule has 48 valence electrons. The Labute approximate surface area is 56.1 Å². The molecule has 0 bridgehead atoms. The fourth-order valence-electron chi connectivity index (χ4n) is 0.541. The van der Waals surface area contributed by atoms with Crippen LogP contribution in [0.1, 0.15) is 5.56 Å². The third-order valence-corrected chi connectivity index (χ3v) is 1.87. The minimum atomic E-state index is -0.369. The molecule has 4 heteroatoms. The van der Waals surface area contributed by atoms with Gasteiger partial charge in [0.25, 0.3) is 5.69 Å². The van der Waals surface area contributed by atoms with Crippen molar-refractivity contribution in [1.29, 1.82) is 0 Å². The minimum Gasteiger partial charge on any atom is -0.258 e. The molecule has 1 rings (SSSR count). The van der Waals surface area contributed by atoms with E-state index in [-0.39, 0.29) is 10.6 Å². The molecule has 9 heavy (non-hydrogen) atoms. The Hall–Kier alpha value is -0.900. The van der Waals surface area contributed by atoms with E-state index in [2.05, 4.69) is 0 Å². The second kappa shape index (κ2) is 2.14. The molecule has 1 aromatic rings. The SMILES string of the molecule is Cc1cscc1[N+](=O)[O-]. The molecule has 0 aromatic carbocycles. The molecule has 0 aliphatic carbocycles. The van der Waals surface area contributed by atoms with E-state index in [0.29, 0.717) is 0 Å². The quantitative estimate of drug-likeness (QED) is 0.445. The standard InChI is InChI=1S/C5H5NO2S/c1-4-2-9-3-5(4)6(7)8/h2-3H,1H3. The first kappa shape index (κ1) is 6.22. The van der Waals surface area contributed by atoms with Crippen LogP contribution in [0.4, 0.5) is 5.69 Å². The Morgan fingerprint density at radius 3 is 2.56 bits per heavy atom. The summed E-state index contributed by atoms with van der Waals surface area (Å²) in [5.41, 5.74) is 0.963. The van der Waals surface area contributed by atoms with Crippen LogP contribution in [0, 0.1) is 17.0 Å². The topological polar surface area (TPSA) is 43.1 Å². The van der Waals surface area contributed by atoms with Gasteiger partial charge >= 0.3 is 0 Å². The average molecular weight is 143 g/mol. The molecule has 0 N–H and O–H groups in total. The van der Waals surface area contributed by atoms with Crippen LogP contribution in [0.2, 0.25) is 0 Å². The zero-order chi connectivity index (χ0) is 6.85. The molecule has 0 radical (unpaired) electrons.